The third-order valence-corrected chi connectivity index (χ3v) is 5.05. The Bertz CT molecular complexity index is 471. The number of benzene rings is 1. The first-order valence-corrected chi connectivity index (χ1v) is 6.75. The molecule has 0 aliphatic rings. The number of rotatable bonds is 4. The highest BCUT2D eigenvalue weighted by molar-refractivity contribution is 7.92. The molecule has 0 aliphatic carbocycles. The van der Waals surface area contributed by atoms with Gasteiger partial charge in [-0.1, -0.05) is 30.3 Å². The lowest BCUT2D eigenvalue weighted by atomic mass is 10.1. The fraction of sp³-hybridized carbons (Fsp3) is 0.417. The molecule has 0 spiro atoms. The molecule has 1 aromatic rings. The van der Waals surface area contributed by atoms with Gasteiger partial charge in [-0.15, -0.1) is 0 Å². The third-order valence-electron chi connectivity index (χ3n) is 2.50. The highest BCUT2D eigenvalue weighted by Crippen LogP contribution is 2.28. The van der Waals surface area contributed by atoms with Crippen LogP contribution in [0.2, 0.25) is 0 Å². The molecular formula is C12H15NO2S. The van der Waals surface area contributed by atoms with E-state index in [-0.39, 0.29) is 6.42 Å². The molecule has 16 heavy (non-hydrogen) atoms. The Balaban J connectivity index is 3.17. The second kappa shape index (κ2) is 5.13. The van der Waals surface area contributed by atoms with Crippen molar-refractivity contribution < 1.29 is 8.42 Å². The summed E-state index contributed by atoms with van der Waals surface area (Å²) in [4.78, 5) is 0. The van der Waals surface area contributed by atoms with E-state index in [0.29, 0.717) is 5.56 Å². The standard InChI is InChI=1S/C12H15NO2S/c1-10(2)16(14,15)12(8-9-13)11-6-4-3-5-7-11/h3-7,10,12H,8H2,1-2H3. The number of nitrogens with zero attached hydrogens (tertiary/aromatic N) is 1. The Hall–Kier alpha value is -1.34. The first-order chi connectivity index (χ1) is 7.50. The second-order valence-electron chi connectivity index (χ2n) is 3.90. The lowest BCUT2D eigenvalue weighted by Gasteiger charge is -2.17. The van der Waals surface area contributed by atoms with E-state index in [0.717, 1.165) is 0 Å². The van der Waals surface area contributed by atoms with E-state index >= 15 is 0 Å². The number of hydrogen-bond acceptors (Lipinski definition) is 3. The molecule has 0 amide bonds. The summed E-state index contributed by atoms with van der Waals surface area (Å²) >= 11 is 0. The summed E-state index contributed by atoms with van der Waals surface area (Å²) in [5.74, 6) is 0. The van der Waals surface area contributed by atoms with Crippen LogP contribution >= 0.6 is 0 Å². The molecule has 0 aromatic heterocycles. The molecule has 4 heteroatoms. The molecule has 3 nitrogen and oxygen atoms in total. The summed E-state index contributed by atoms with van der Waals surface area (Å²) in [5, 5.41) is 7.55. The Labute approximate surface area is 96.6 Å². The molecule has 1 atom stereocenters. The van der Waals surface area contributed by atoms with Crippen LogP contribution in [0.15, 0.2) is 30.3 Å². The van der Waals surface area contributed by atoms with Crippen molar-refractivity contribution in [3.8, 4) is 6.07 Å². The molecule has 0 bridgehead atoms. The third kappa shape index (κ3) is 2.61. The molecule has 1 aromatic carbocycles. The van der Waals surface area contributed by atoms with Gasteiger partial charge in [0.1, 0.15) is 0 Å². The normalized spacial score (nSPS) is 13.4. The van der Waals surface area contributed by atoms with Crippen LogP contribution in [0.1, 0.15) is 31.1 Å². The maximum absolute atomic E-state index is 12.1. The lowest BCUT2D eigenvalue weighted by molar-refractivity contribution is 0.573. The Morgan fingerprint density at radius 1 is 1.25 bits per heavy atom. The van der Waals surface area contributed by atoms with Crippen LogP contribution in [-0.2, 0) is 9.84 Å². The number of hydrogen-bond donors (Lipinski definition) is 0. The van der Waals surface area contributed by atoms with E-state index in [4.69, 9.17) is 5.26 Å². The smallest absolute Gasteiger partial charge is 0.160 e. The fourth-order valence-electron chi connectivity index (χ4n) is 1.50. The van der Waals surface area contributed by atoms with Crippen molar-refractivity contribution in [2.24, 2.45) is 0 Å². The Kier molecular flexibility index (Phi) is 4.08. The molecule has 86 valence electrons. The van der Waals surface area contributed by atoms with Crippen LogP contribution in [0.3, 0.4) is 0 Å². The zero-order valence-corrected chi connectivity index (χ0v) is 10.2. The van der Waals surface area contributed by atoms with Crippen molar-refractivity contribution in [1.82, 2.24) is 0 Å². The number of sulfone groups is 1. The Morgan fingerprint density at radius 3 is 2.25 bits per heavy atom. The minimum Gasteiger partial charge on any atom is -0.228 e. The van der Waals surface area contributed by atoms with Gasteiger partial charge in [-0.25, -0.2) is 8.42 Å². The predicted octanol–water partition coefficient (Wildman–Crippen LogP) is 2.46. The van der Waals surface area contributed by atoms with Gasteiger partial charge in [-0.05, 0) is 19.4 Å². The maximum Gasteiger partial charge on any atom is 0.160 e. The first kappa shape index (κ1) is 12.7. The van der Waals surface area contributed by atoms with Crippen LogP contribution in [0.25, 0.3) is 0 Å². The highest BCUT2D eigenvalue weighted by Gasteiger charge is 2.29. The molecule has 0 aliphatic heterocycles. The van der Waals surface area contributed by atoms with Gasteiger partial charge < -0.3 is 0 Å². The van der Waals surface area contributed by atoms with Gasteiger partial charge in [-0.2, -0.15) is 5.26 Å². The van der Waals surface area contributed by atoms with E-state index in [1.54, 1.807) is 38.1 Å². The van der Waals surface area contributed by atoms with Crippen molar-refractivity contribution in [1.29, 1.82) is 5.26 Å². The van der Waals surface area contributed by atoms with Gasteiger partial charge in [0, 0.05) is 0 Å². The van der Waals surface area contributed by atoms with E-state index in [1.807, 2.05) is 12.1 Å². The topological polar surface area (TPSA) is 57.9 Å². The largest absolute Gasteiger partial charge is 0.228 e. The lowest BCUT2D eigenvalue weighted by Crippen LogP contribution is -2.22. The molecule has 0 N–H and O–H groups in total. The summed E-state index contributed by atoms with van der Waals surface area (Å²) in [6.07, 6.45) is 0.00449. The molecule has 0 saturated carbocycles. The van der Waals surface area contributed by atoms with Crippen LogP contribution in [0, 0.1) is 11.3 Å². The van der Waals surface area contributed by atoms with Crippen molar-refractivity contribution in [3.05, 3.63) is 35.9 Å². The van der Waals surface area contributed by atoms with Gasteiger partial charge in [0.15, 0.2) is 9.84 Å². The summed E-state index contributed by atoms with van der Waals surface area (Å²) in [6, 6.07) is 10.9. The molecule has 0 fully saturated rings. The van der Waals surface area contributed by atoms with Gasteiger partial charge >= 0.3 is 0 Å². The quantitative estimate of drug-likeness (QED) is 0.808. The van der Waals surface area contributed by atoms with Crippen LogP contribution < -0.4 is 0 Å². The average molecular weight is 237 g/mol. The van der Waals surface area contributed by atoms with Gasteiger partial charge in [0.2, 0.25) is 0 Å². The van der Waals surface area contributed by atoms with Gasteiger partial charge in [-0.3, -0.25) is 0 Å². The minimum atomic E-state index is -3.28. The Morgan fingerprint density at radius 2 is 1.81 bits per heavy atom. The summed E-state index contributed by atoms with van der Waals surface area (Å²) in [6.45, 7) is 3.28. The summed E-state index contributed by atoms with van der Waals surface area (Å²) in [5.41, 5.74) is 0.692. The molecule has 1 unspecified atom stereocenters. The molecule has 0 heterocycles. The van der Waals surface area contributed by atoms with Crippen LogP contribution in [0.5, 0.6) is 0 Å². The first-order valence-electron chi connectivity index (χ1n) is 5.14. The number of nitriles is 1. The van der Waals surface area contributed by atoms with Crippen LogP contribution in [-0.4, -0.2) is 13.7 Å². The van der Waals surface area contributed by atoms with Gasteiger partial charge in [0.05, 0.1) is 23.0 Å². The van der Waals surface area contributed by atoms with E-state index in [9.17, 15) is 8.42 Å². The fourth-order valence-corrected chi connectivity index (χ4v) is 3.00. The van der Waals surface area contributed by atoms with Crippen molar-refractivity contribution in [2.75, 3.05) is 0 Å². The zero-order chi connectivity index (χ0) is 12.2. The summed E-state index contributed by atoms with van der Waals surface area (Å²) in [7, 11) is -3.28. The zero-order valence-electron chi connectivity index (χ0n) is 9.42. The second-order valence-corrected chi connectivity index (χ2v) is 6.59. The molecule has 0 saturated heterocycles. The monoisotopic (exact) mass is 237 g/mol. The predicted molar refractivity (Wildman–Crippen MR) is 63.5 cm³/mol. The van der Waals surface area contributed by atoms with E-state index in [1.165, 1.54) is 0 Å². The van der Waals surface area contributed by atoms with Crippen molar-refractivity contribution >= 4 is 9.84 Å². The van der Waals surface area contributed by atoms with Crippen LogP contribution in [0.4, 0.5) is 0 Å². The SMILES string of the molecule is CC(C)S(=O)(=O)C(CC#N)c1ccccc1. The van der Waals surface area contributed by atoms with Crippen molar-refractivity contribution in [2.45, 2.75) is 30.8 Å². The average Bonchev–Trinajstić information content (AvgIpc) is 2.26. The van der Waals surface area contributed by atoms with E-state index < -0.39 is 20.3 Å². The highest BCUT2D eigenvalue weighted by atomic mass is 32.2. The van der Waals surface area contributed by atoms with E-state index in [2.05, 4.69) is 0 Å². The van der Waals surface area contributed by atoms with Crippen molar-refractivity contribution in [3.63, 3.8) is 0 Å². The molecular weight excluding hydrogens is 222 g/mol. The maximum atomic E-state index is 12.1. The molecule has 0 radical (unpaired) electrons. The van der Waals surface area contributed by atoms with Gasteiger partial charge in [0.25, 0.3) is 0 Å². The molecule has 1 rings (SSSR count). The summed E-state index contributed by atoms with van der Waals surface area (Å²) < 4.78 is 24.1. The minimum absolute atomic E-state index is 0.00449.